The number of esters is 1. The van der Waals surface area contributed by atoms with Crippen molar-refractivity contribution >= 4 is 5.97 Å². The van der Waals surface area contributed by atoms with Crippen LogP contribution in [0.3, 0.4) is 0 Å². The molecule has 8 heteroatoms. The number of piperidine rings is 1. The lowest BCUT2D eigenvalue weighted by molar-refractivity contribution is -0.283. The van der Waals surface area contributed by atoms with Crippen molar-refractivity contribution in [2.24, 2.45) is 17.3 Å². The van der Waals surface area contributed by atoms with E-state index in [2.05, 4.69) is 15.7 Å². The SMILES string of the molecule is COC(=O)COc1cccc(COC[C@H]2C[C@@]34CC[C@]2(OC)[C@@H]2Oc5c(O)ccc6c5[C@@]23CCN(CC2CC2)[C@@H]4C6)c1. The Morgan fingerprint density at radius 3 is 2.83 bits per heavy atom. The van der Waals surface area contributed by atoms with E-state index in [1.807, 2.05) is 37.4 Å². The van der Waals surface area contributed by atoms with E-state index in [1.54, 1.807) is 0 Å². The Balaban J connectivity index is 1.09. The number of phenolic OH excluding ortho intramolecular Hbond substituents is 1. The summed E-state index contributed by atoms with van der Waals surface area (Å²) in [4.78, 5) is 14.3. The van der Waals surface area contributed by atoms with E-state index in [0.717, 1.165) is 50.1 Å². The van der Waals surface area contributed by atoms with E-state index in [-0.39, 0.29) is 35.2 Å². The van der Waals surface area contributed by atoms with Gasteiger partial charge < -0.3 is 28.8 Å². The average Bonchev–Trinajstić information content (AvgIpc) is 3.75. The summed E-state index contributed by atoms with van der Waals surface area (Å²) in [5.41, 5.74) is 3.11. The molecule has 5 fully saturated rings. The molecule has 2 aliphatic heterocycles. The minimum atomic E-state index is -0.476. The number of nitrogens with zero attached hydrogens (tertiary/aromatic N) is 1. The predicted molar refractivity (Wildman–Crippen MR) is 154 cm³/mol. The van der Waals surface area contributed by atoms with Gasteiger partial charge >= 0.3 is 5.97 Å². The first kappa shape index (κ1) is 26.8. The molecule has 224 valence electrons. The molecule has 6 atom stereocenters. The first-order chi connectivity index (χ1) is 20.4. The molecule has 0 unspecified atom stereocenters. The minimum Gasteiger partial charge on any atom is -0.504 e. The standard InChI is InChI=1S/C34H41NO7/c1-38-28(37)20-41-25-5-3-4-22(14-25)18-40-19-24-16-32-10-11-34(24,39-2)31-33(32)12-13-35(17-21-6-7-21)27(32)15-23-8-9-26(36)30(42-31)29(23)33/h3-5,8-9,14,21,24,27,31,36H,6-7,10-13,15-20H2,1-2H3/t24-,27-,31-,32-,33+,34-/m1/s1. The Hall–Kier alpha value is -2.81. The average molecular weight is 576 g/mol. The van der Waals surface area contributed by atoms with Crippen molar-refractivity contribution in [3.63, 3.8) is 0 Å². The van der Waals surface area contributed by atoms with Crippen LogP contribution in [0.15, 0.2) is 36.4 Å². The van der Waals surface area contributed by atoms with Gasteiger partial charge in [0.2, 0.25) is 0 Å². The molecule has 2 aromatic rings. The van der Waals surface area contributed by atoms with E-state index in [4.69, 9.17) is 18.9 Å². The normalized spacial score (nSPS) is 35.4. The Bertz CT molecular complexity index is 1410. The summed E-state index contributed by atoms with van der Waals surface area (Å²) in [7, 11) is 3.20. The third-order valence-corrected chi connectivity index (χ3v) is 11.9. The molecule has 4 bridgehead atoms. The molecular weight excluding hydrogens is 534 g/mol. The molecule has 1 N–H and O–H groups in total. The number of carbonyl (C=O) groups is 1. The number of hydrogen-bond donors (Lipinski definition) is 1. The molecule has 42 heavy (non-hydrogen) atoms. The van der Waals surface area contributed by atoms with Gasteiger partial charge in [0.15, 0.2) is 18.1 Å². The van der Waals surface area contributed by atoms with Gasteiger partial charge in [0.1, 0.15) is 17.5 Å². The zero-order valence-corrected chi connectivity index (χ0v) is 24.6. The van der Waals surface area contributed by atoms with Gasteiger partial charge in [-0.3, -0.25) is 4.90 Å². The number of methoxy groups -OCH3 is 2. The summed E-state index contributed by atoms with van der Waals surface area (Å²) in [5.74, 6) is 2.20. The van der Waals surface area contributed by atoms with Crippen molar-refractivity contribution in [2.45, 2.75) is 74.7 Å². The molecule has 2 heterocycles. The Kier molecular flexibility index (Phi) is 6.12. The highest BCUT2D eigenvalue weighted by molar-refractivity contribution is 5.70. The number of fused-ring (bicyclic) bond motifs is 2. The van der Waals surface area contributed by atoms with Crippen LogP contribution in [0.25, 0.3) is 0 Å². The highest BCUT2D eigenvalue weighted by Crippen LogP contribution is 2.76. The molecule has 7 aliphatic rings. The van der Waals surface area contributed by atoms with Crippen molar-refractivity contribution in [3.05, 3.63) is 53.1 Å². The van der Waals surface area contributed by atoms with E-state index in [0.29, 0.717) is 30.8 Å². The third-order valence-electron chi connectivity index (χ3n) is 11.9. The first-order valence-corrected chi connectivity index (χ1v) is 15.6. The molecule has 1 saturated heterocycles. The maximum absolute atomic E-state index is 11.5. The Morgan fingerprint density at radius 1 is 1.14 bits per heavy atom. The minimum absolute atomic E-state index is 0.0762. The zero-order valence-electron chi connectivity index (χ0n) is 24.6. The number of likely N-dealkylation sites (tertiary alicyclic amines) is 1. The highest BCUT2D eigenvalue weighted by Gasteiger charge is 2.80. The monoisotopic (exact) mass is 575 g/mol. The van der Waals surface area contributed by atoms with Crippen LogP contribution in [0.5, 0.6) is 17.2 Å². The summed E-state index contributed by atoms with van der Waals surface area (Å²) in [6.07, 6.45) is 7.79. The van der Waals surface area contributed by atoms with Crippen LogP contribution >= 0.6 is 0 Å². The van der Waals surface area contributed by atoms with Crippen LogP contribution in [-0.4, -0.2) is 74.2 Å². The van der Waals surface area contributed by atoms with E-state index < -0.39 is 11.6 Å². The van der Waals surface area contributed by atoms with Crippen molar-refractivity contribution in [2.75, 3.05) is 40.5 Å². The summed E-state index contributed by atoms with van der Waals surface area (Å²) >= 11 is 0. The molecule has 9 rings (SSSR count). The fourth-order valence-corrected chi connectivity index (χ4v) is 9.99. The second-order valence-corrected chi connectivity index (χ2v) is 13.6. The zero-order chi connectivity index (χ0) is 28.7. The molecule has 0 aromatic heterocycles. The van der Waals surface area contributed by atoms with Crippen LogP contribution in [0.2, 0.25) is 0 Å². The topological polar surface area (TPSA) is 86.7 Å². The van der Waals surface area contributed by atoms with E-state index >= 15 is 0 Å². The Morgan fingerprint density at radius 2 is 2.02 bits per heavy atom. The van der Waals surface area contributed by atoms with Crippen molar-refractivity contribution in [3.8, 4) is 17.2 Å². The molecule has 4 saturated carbocycles. The quantitative estimate of drug-likeness (QED) is 0.418. The van der Waals surface area contributed by atoms with E-state index in [9.17, 15) is 9.90 Å². The molecule has 8 nitrogen and oxygen atoms in total. The van der Waals surface area contributed by atoms with Gasteiger partial charge in [-0.1, -0.05) is 18.2 Å². The molecule has 0 amide bonds. The van der Waals surface area contributed by atoms with Crippen LogP contribution in [0.4, 0.5) is 0 Å². The fourth-order valence-electron chi connectivity index (χ4n) is 9.99. The van der Waals surface area contributed by atoms with Crippen LogP contribution in [0.1, 0.15) is 55.2 Å². The number of benzene rings is 2. The lowest BCUT2D eigenvalue weighted by atomic mass is 9.35. The lowest BCUT2D eigenvalue weighted by Crippen LogP contribution is -2.81. The van der Waals surface area contributed by atoms with Crippen molar-refractivity contribution in [1.29, 1.82) is 0 Å². The first-order valence-electron chi connectivity index (χ1n) is 15.6. The summed E-state index contributed by atoms with van der Waals surface area (Å²) in [6.45, 7) is 3.19. The van der Waals surface area contributed by atoms with Crippen LogP contribution in [-0.2, 0) is 37.4 Å². The fraction of sp³-hybridized carbons (Fsp3) is 0.618. The van der Waals surface area contributed by atoms with Crippen molar-refractivity contribution < 1.29 is 33.6 Å². The maximum Gasteiger partial charge on any atom is 0.343 e. The number of phenols is 1. The van der Waals surface area contributed by atoms with Gasteiger partial charge in [-0.15, -0.1) is 0 Å². The summed E-state index contributed by atoms with van der Waals surface area (Å²) in [5, 5.41) is 11.0. The van der Waals surface area contributed by atoms with Crippen molar-refractivity contribution in [1.82, 2.24) is 4.90 Å². The number of rotatable bonds is 10. The van der Waals surface area contributed by atoms with Gasteiger partial charge in [-0.25, -0.2) is 4.79 Å². The molecule has 2 spiro atoms. The number of hydrogen-bond acceptors (Lipinski definition) is 8. The maximum atomic E-state index is 11.5. The second-order valence-electron chi connectivity index (χ2n) is 13.6. The molecule has 0 radical (unpaired) electrons. The van der Waals surface area contributed by atoms with Crippen LogP contribution in [0, 0.1) is 17.3 Å². The van der Waals surface area contributed by atoms with E-state index in [1.165, 1.54) is 37.6 Å². The van der Waals surface area contributed by atoms with Gasteiger partial charge in [0.05, 0.1) is 20.3 Å². The predicted octanol–water partition coefficient (Wildman–Crippen LogP) is 4.39. The van der Waals surface area contributed by atoms with Gasteiger partial charge in [0, 0.05) is 42.0 Å². The van der Waals surface area contributed by atoms with Gasteiger partial charge in [0.25, 0.3) is 0 Å². The number of carbonyl (C=O) groups excluding carboxylic acids is 1. The van der Waals surface area contributed by atoms with Gasteiger partial charge in [-0.2, -0.15) is 0 Å². The third kappa shape index (κ3) is 3.61. The molecule has 2 aromatic carbocycles. The van der Waals surface area contributed by atoms with Crippen LogP contribution < -0.4 is 9.47 Å². The molecular formula is C34H41NO7. The lowest BCUT2D eigenvalue weighted by Gasteiger charge is -2.74. The number of ether oxygens (including phenoxy) is 5. The second kappa shape index (κ2) is 9.60. The summed E-state index contributed by atoms with van der Waals surface area (Å²) in [6, 6.07) is 12.2. The number of aromatic hydroxyl groups is 1. The highest BCUT2D eigenvalue weighted by atomic mass is 16.6. The summed E-state index contributed by atoms with van der Waals surface area (Å²) < 4.78 is 30.2. The largest absolute Gasteiger partial charge is 0.504 e. The van der Waals surface area contributed by atoms with Gasteiger partial charge in [-0.05, 0) is 86.7 Å². The molecule has 5 aliphatic carbocycles. The Labute approximate surface area is 247 Å². The smallest absolute Gasteiger partial charge is 0.343 e.